The highest BCUT2D eigenvalue weighted by Gasteiger charge is 2.59. The molecule has 1 N–H and O–H groups in total. The van der Waals surface area contributed by atoms with Gasteiger partial charge in [-0.25, -0.2) is 0 Å². The summed E-state index contributed by atoms with van der Waals surface area (Å²) < 4.78 is 5.11. The fraction of sp³-hybridized carbons (Fsp3) is 0.562. The monoisotopic (exact) mass is 274 g/mol. The van der Waals surface area contributed by atoms with Gasteiger partial charge in [0.1, 0.15) is 11.7 Å². The number of rotatable bonds is 5. The van der Waals surface area contributed by atoms with Crippen molar-refractivity contribution in [1.82, 2.24) is 10.2 Å². The predicted molar refractivity (Wildman–Crippen MR) is 77.2 cm³/mol. The van der Waals surface area contributed by atoms with Crippen LogP contribution in [0.1, 0.15) is 36.6 Å². The van der Waals surface area contributed by atoms with Crippen LogP contribution in [0, 0.1) is 6.92 Å². The Morgan fingerprint density at radius 1 is 1.45 bits per heavy atom. The largest absolute Gasteiger partial charge is 0.385 e. The van der Waals surface area contributed by atoms with Crippen molar-refractivity contribution in [3.8, 4) is 0 Å². The first-order chi connectivity index (χ1) is 9.66. The van der Waals surface area contributed by atoms with E-state index in [4.69, 9.17) is 4.74 Å². The normalized spacial score (nSPS) is 23.6. The minimum Gasteiger partial charge on any atom is -0.385 e. The Morgan fingerprint density at radius 2 is 2.25 bits per heavy atom. The quantitative estimate of drug-likeness (QED) is 0.835. The van der Waals surface area contributed by atoms with Gasteiger partial charge in [0.15, 0.2) is 0 Å². The third-order valence-electron chi connectivity index (χ3n) is 4.25. The molecular formula is C16H22N2O2. The van der Waals surface area contributed by atoms with E-state index in [0.717, 1.165) is 25.8 Å². The Bertz CT molecular complexity index is 511. The molecule has 1 spiro atoms. The van der Waals surface area contributed by atoms with Gasteiger partial charge in [0.05, 0.1) is 0 Å². The summed E-state index contributed by atoms with van der Waals surface area (Å²) in [5, 5.41) is 3.55. The molecule has 1 unspecified atom stereocenters. The van der Waals surface area contributed by atoms with Crippen LogP contribution in [-0.2, 0) is 9.53 Å². The number of nitrogens with one attached hydrogen (secondary N) is 1. The molecule has 1 aliphatic heterocycles. The van der Waals surface area contributed by atoms with Crippen LogP contribution < -0.4 is 5.32 Å². The second kappa shape index (κ2) is 5.19. The van der Waals surface area contributed by atoms with Crippen LogP contribution in [0.5, 0.6) is 0 Å². The molecule has 2 fully saturated rings. The van der Waals surface area contributed by atoms with Crippen molar-refractivity contribution in [2.24, 2.45) is 0 Å². The second-order valence-corrected chi connectivity index (χ2v) is 5.89. The lowest BCUT2D eigenvalue weighted by atomic mass is 10.1. The molecule has 1 heterocycles. The van der Waals surface area contributed by atoms with Crippen LogP contribution in [0.3, 0.4) is 0 Å². The van der Waals surface area contributed by atoms with Gasteiger partial charge in [-0.1, -0.05) is 29.8 Å². The SMILES string of the molecule is COCCCN1C(=O)C2(CC2)NC1c1cccc(C)c1. The fourth-order valence-electron chi connectivity index (χ4n) is 2.99. The summed E-state index contributed by atoms with van der Waals surface area (Å²) in [6.45, 7) is 3.53. The van der Waals surface area contributed by atoms with Crippen molar-refractivity contribution < 1.29 is 9.53 Å². The van der Waals surface area contributed by atoms with Gasteiger partial charge in [-0.05, 0) is 31.7 Å². The number of ether oxygens (including phenoxy) is 1. The summed E-state index contributed by atoms with van der Waals surface area (Å²) >= 11 is 0. The van der Waals surface area contributed by atoms with E-state index in [1.807, 2.05) is 4.90 Å². The van der Waals surface area contributed by atoms with E-state index in [0.29, 0.717) is 6.61 Å². The lowest BCUT2D eigenvalue weighted by Crippen LogP contribution is -2.33. The summed E-state index contributed by atoms with van der Waals surface area (Å²) in [6.07, 6.45) is 2.83. The van der Waals surface area contributed by atoms with Gasteiger partial charge in [0.25, 0.3) is 0 Å². The van der Waals surface area contributed by atoms with E-state index in [9.17, 15) is 4.79 Å². The van der Waals surface area contributed by atoms with Gasteiger partial charge in [0, 0.05) is 20.3 Å². The molecular weight excluding hydrogens is 252 g/mol. The van der Waals surface area contributed by atoms with Crippen molar-refractivity contribution >= 4 is 5.91 Å². The smallest absolute Gasteiger partial charge is 0.244 e. The third-order valence-corrected chi connectivity index (χ3v) is 4.25. The standard InChI is InChI=1S/C16H22N2O2/c1-12-5-3-6-13(11-12)14-17-16(7-8-16)15(19)18(14)9-4-10-20-2/h3,5-6,11,14,17H,4,7-10H2,1-2H3. The average Bonchev–Trinajstić information content (AvgIpc) is 3.16. The molecule has 1 saturated heterocycles. The molecule has 4 nitrogen and oxygen atoms in total. The molecule has 3 rings (SSSR count). The maximum Gasteiger partial charge on any atom is 0.244 e. The zero-order valence-corrected chi connectivity index (χ0v) is 12.2. The number of methoxy groups -OCH3 is 1. The molecule has 1 atom stereocenters. The molecule has 1 amide bonds. The zero-order chi connectivity index (χ0) is 14.2. The summed E-state index contributed by atoms with van der Waals surface area (Å²) in [4.78, 5) is 14.6. The van der Waals surface area contributed by atoms with Gasteiger partial charge in [-0.2, -0.15) is 0 Å². The molecule has 0 aromatic heterocycles. The maximum absolute atomic E-state index is 12.6. The van der Waals surface area contributed by atoms with Gasteiger partial charge in [-0.15, -0.1) is 0 Å². The average molecular weight is 274 g/mol. The van der Waals surface area contributed by atoms with Crippen molar-refractivity contribution in [1.29, 1.82) is 0 Å². The number of hydrogen-bond acceptors (Lipinski definition) is 3. The topological polar surface area (TPSA) is 41.6 Å². The zero-order valence-electron chi connectivity index (χ0n) is 12.2. The van der Waals surface area contributed by atoms with Gasteiger partial charge < -0.3 is 9.64 Å². The molecule has 0 radical (unpaired) electrons. The molecule has 1 aliphatic carbocycles. The fourth-order valence-corrected chi connectivity index (χ4v) is 2.99. The van der Waals surface area contributed by atoms with Crippen LogP contribution in [0.2, 0.25) is 0 Å². The predicted octanol–water partition coefficient (Wildman–Crippen LogP) is 1.99. The van der Waals surface area contributed by atoms with E-state index in [1.165, 1.54) is 11.1 Å². The summed E-state index contributed by atoms with van der Waals surface area (Å²) in [7, 11) is 1.70. The molecule has 1 saturated carbocycles. The van der Waals surface area contributed by atoms with Gasteiger partial charge >= 0.3 is 0 Å². The highest BCUT2D eigenvalue weighted by molar-refractivity contribution is 5.92. The van der Waals surface area contributed by atoms with E-state index < -0.39 is 0 Å². The van der Waals surface area contributed by atoms with Gasteiger partial charge in [0.2, 0.25) is 5.91 Å². The van der Waals surface area contributed by atoms with E-state index in [2.05, 4.69) is 36.5 Å². The molecule has 2 aliphatic rings. The van der Waals surface area contributed by atoms with Gasteiger partial charge in [-0.3, -0.25) is 10.1 Å². The molecule has 4 heteroatoms. The number of nitrogens with zero attached hydrogens (tertiary/aromatic N) is 1. The number of amides is 1. The molecule has 20 heavy (non-hydrogen) atoms. The van der Waals surface area contributed by atoms with Crippen molar-refractivity contribution in [3.05, 3.63) is 35.4 Å². The van der Waals surface area contributed by atoms with Crippen molar-refractivity contribution in [3.63, 3.8) is 0 Å². The first kappa shape index (κ1) is 13.6. The van der Waals surface area contributed by atoms with Crippen molar-refractivity contribution in [2.75, 3.05) is 20.3 Å². The Hall–Kier alpha value is -1.39. The number of aryl methyl sites for hydroxylation is 1. The Kier molecular flexibility index (Phi) is 3.52. The first-order valence-electron chi connectivity index (χ1n) is 7.30. The molecule has 108 valence electrons. The Morgan fingerprint density at radius 3 is 2.90 bits per heavy atom. The second-order valence-electron chi connectivity index (χ2n) is 5.89. The highest BCUT2D eigenvalue weighted by atomic mass is 16.5. The molecule has 1 aromatic carbocycles. The van der Waals surface area contributed by atoms with Crippen LogP contribution in [0.25, 0.3) is 0 Å². The van der Waals surface area contributed by atoms with E-state index in [-0.39, 0.29) is 17.6 Å². The number of benzene rings is 1. The number of hydrogen-bond donors (Lipinski definition) is 1. The summed E-state index contributed by atoms with van der Waals surface area (Å²) in [5.74, 6) is 0.264. The molecule has 1 aromatic rings. The van der Waals surface area contributed by atoms with Crippen LogP contribution in [-0.4, -0.2) is 36.6 Å². The lowest BCUT2D eigenvalue weighted by molar-refractivity contribution is -0.131. The lowest BCUT2D eigenvalue weighted by Gasteiger charge is -2.24. The van der Waals surface area contributed by atoms with Crippen molar-refractivity contribution in [2.45, 2.75) is 37.9 Å². The van der Waals surface area contributed by atoms with Crippen LogP contribution in [0.4, 0.5) is 0 Å². The summed E-state index contributed by atoms with van der Waals surface area (Å²) in [6, 6.07) is 8.41. The first-order valence-corrected chi connectivity index (χ1v) is 7.30. The third kappa shape index (κ3) is 2.34. The minimum absolute atomic E-state index is 0.0155. The Labute approximate surface area is 120 Å². The maximum atomic E-state index is 12.6. The van der Waals surface area contributed by atoms with E-state index >= 15 is 0 Å². The van der Waals surface area contributed by atoms with Crippen LogP contribution >= 0.6 is 0 Å². The number of carbonyl (C=O) groups is 1. The molecule has 0 bridgehead atoms. The van der Waals surface area contributed by atoms with Crippen LogP contribution in [0.15, 0.2) is 24.3 Å². The minimum atomic E-state index is -0.262. The Balaban J connectivity index is 1.81. The highest BCUT2D eigenvalue weighted by Crippen LogP contribution is 2.45. The number of carbonyl (C=O) groups excluding carboxylic acids is 1. The van der Waals surface area contributed by atoms with E-state index in [1.54, 1.807) is 7.11 Å². The summed E-state index contributed by atoms with van der Waals surface area (Å²) in [5.41, 5.74) is 2.14.